The first-order valence-electron chi connectivity index (χ1n) is 6.36. The first kappa shape index (κ1) is 14.8. The van der Waals surface area contributed by atoms with Crippen molar-refractivity contribution in [3.63, 3.8) is 0 Å². The Hall–Kier alpha value is -1.30. The maximum absolute atomic E-state index is 12.1. The van der Waals surface area contributed by atoms with Crippen molar-refractivity contribution in [1.29, 1.82) is 0 Å². The second-order valence-electron chi connectivity index (χ2n) is 4.52. The Labute approximate surface area is 107 Å². The van der Waals surface area contributed by atoms with Crippen molar-refractivity contribution in [2.75, 3.05) is 39.9 Å². The third kappa shape index (κ3) is 4.18. The third-order valence-electron chi connectivity index (χ3n) is 3.14. The molecule has 1 rings (SSSR count). The van der Waals surface area contributed by atoms with E-state index in [0.717, 1.165) is 6.42 Å². The van der Waals surface area contributed by atoms with Crippen LogP contribution in [0.5, 0.6) is 0 Å². The number of amides is 2. The normalized spacial score (nSPS) is 19.7. The maximum atomic E-state index is 12.1. The van der Waals surface area contributed by atoms with Gasteiger partial charge in [0.2, 0.25) is 0 Å². The molecular weight excluding hydrogens is 236 g/mol. The zero-order valence-corrected chi connectivity index (χ0v) is 11.1. The number of likely N-dealkylation sites (N-methyl/N-ethyl adjacent to an activating group) is 1. The fraction of sp³-hybridized carbons (Fsp3) is 0.833. The summed E-state index contributed by atoms with van der Waals surface area (Å²) in [6, 6.07) is -0.111. The van der Waals surface area contributed by atoms with Crippen LogP contribution in [0.1, 0.15) is 19.8 Å². The monoisotopic (exact) mass is 258 g/mol. The van der Waals surface area contributed by atoms with E-state index < -0.39 is 11.9 Å². The summed E-state index contributed by atoms with van der Waals surface area (Å²) in [5.74, 6) is -1.24. The Morgan fingerprint density at radius 3 is 2.83 bits per heavy atom. The van der Waals surface area contributed by atoms with Gasteiger partial charge in [0.25, 0.3) is 0 Å². The van der Waals surface area contributed by atoms with Crippen molar-refractivity contribution in [3.8, 4) is 0 Å². The fourth-order valence-corrected chi connectivity index (χ4v) is 2.04. The molecule has 1 heterocycles. The molecule has 0 aromatic carbocycles. The molecule has 1 fully saturated rings. The molecule has 0 aromatic rings. The molecule has 0 radical (unpaired) electrons. The van der Waals surface area contributed by atoms with Crippen LogP contribution in [0.25, 0.3) is 0 Å². The number of urea groups is 1. The van der Waals surface area contributed by atoms with Crippen LogP contribution in [-0.2, 0) is 9.53 Å². The molecule has 6 nitrogen and oxygen atoms in total. The van der Waals surface area contributed by atoms with Crippen molar-refractivity contribution < 1.29 is 19.4 Å². The van der Waals surface area contributed by atoms with Crippen LogP contribution < -0.4 is 0 Å². The second-order valence-corrected chi connectivity index (χ2v) is 4.52. The number of carbonyl (C=O) groups excluding carboxylic acids is 1. The molecule has 0 saturated carbocycles. The molecule has 1 N–H and O–H groups in total. The minimum absolute atomic E-state index is 0.111. The van der Waals surface area contributed by atoms with Crippen molar-refractivity contribution in [1.82, 2.24) is 9.80 Å². The summed E-state index contributed by atoms with van der Waals surface area (Å²) in [6.45, 7) is 4.53. The summed E-state index contributed by atoms with van der Waals surface area (Å²) in [5, 5.41) is 8.98. The molecule has 18 heavy (non-hydrogen) atoms. The van der Waals surface area contributed by atoms with Gasteiger partial charge in [-0.25, -0.2) is 4.79 Å². The molecule has 2 amide bonds. The van der Waals surface area contributed by atoms with E-state index in [0.29, 0.717) is 39.3 Å². The summed E-state index contributed by atoms with van der Waals surface area (Å²) in [4.78, 5) is 26.2. The number of carboxylic acid groups (broad SMARTS) is 1. The highest BCUT2D eigenvalue weighted by Crippen LogP contribution is 2.17. The summed E-state index contributed by atoms with van der Waals surface area (Å²) in [5.41, 5.74) is 0. The molecular formula is C12H22N2O4. The van der Waals surface area contributed by atoms with Crippen LogP contribution in [0.2, 0.25) is 0 Å². The van der Waals surface area contributed by atoms with Crippen LogP contribution in [0.3, 0.4) is 0 Å². The number of ether oxygens (including phenoxy) is 1. The molecule has 1 atom stereocenters. The Morgan fingerprint density at radius 1 is 1.50 bits per heavy atom. The minimum Gasteiger partial charge on any atom is -0.481 e. The summed E-state index contributed by atoms with van der Waals surface area (Å²) in [7, 11) is 1.71. The van der Waals surface area contributed by atoms with E-state index in [2.05, 4.69) is 0 Å². The standard InChI is InChI=1S/C12H22N2O4/c1-3-18-8-7-13(2)12(17)14-6-4-5-10(9-14)11(15)16/h10H,3-9H2,1-2H3,(H,15,16)/t10-/m1/s1. The van der Waals surface area contributed by atoms with E-state index in [1.54, 1.807) is 16.8 Å². The molecule has 6 heteroatoms. The molecule has 1 saturated heterocycles. The van der Waals surface area contributed by atoms with Crippen molar-refractivity contribution in [2.24, 2.45) is 5.92 Å². The van der Waals surface area contributed by atoms with E-state index in [9.17, 15) is 9.59 Å². The Kier molecular flexibility index (Phi) is 5.91. The van der Waals surface area contributed by atoms with Crippen LogP contribution in [-0.4, -0.2) is 66.8 Å². The van der Waals surface area contributed by atoms with Gasteiger partial charge in [-0.05, 0) is 19.8 Å². The number of carboxylic acids is 1. The molecule has 1 aliphatic rings. The number of piperidine rings is 1. The predicted octanol–water partition coefficient (Wildman–Crippen LogP) is 0.871. The summed E-state index contributed by atoms with van der Waals surface area (Å²) in [6.07, 6.45) is 1.41. The Bertz CT molecular complexity index is 296. The molecule has 0 unspecified atom stereocenters. The number of likely N-dealkylation sites (tertiary alicyclic amines) is 1. The summed E-state index contributed by atoms with van der Waals surface area (Å²) < 4.78 is 5.19. The van der Waals surface area contributed by atoms with Crippen molar-refractivity contribution >= 4 is 12.0 Å². The number of hydrogen-bond acceptors (Lipinski definition) is 3. The fourth-order valence-electron chi connectivity index (χ4n) is 2.04. The first-order chi connectivity index (χ1) is 8.56. The van der Waals surface area contributed by atoms with E-state index in [4.69, 9.17) is 9.84 Å². The van der Waals surface area contributed by atoms with Gasteiger partial charge in [0.05, 0.1) is 12.5 Å². The van der Waals surface area contributed by atoms with Crippen LogP contribution in [0, 0.1) is 5.92 Å². The molecule has 0 bridgehead atoms. The number of hydrogen-bond donors (Lipinski definition) is 1. The average molecular weight is 258 g/mol. The maximum Gasteiger partial charge on any atom is 0.319 e. The Balaban J connectivity index is 2.42. The zero-order valence-electron chi connectivity index (χ0n) is 11.1. The van der Waals surface area contributed by atoms with Crippen LogP contribution in [0.4, 0.5) is 4.79 Å². The number of carbonyl (C=O) groups is 2. The second kappa shape index (κ2) is 7.20. The lowest BCUT2D eigenvalue weighted by Gasteiger charge is -2.33. The van der Waals surface area contributed by atoms with Gasteiger partial charge in [-0.1, -0.05) is 0 Å². The highest BCUT2D eigenvalue weighted by atomic mass is 16.5. The van der Waals surface area contributed by atoms with Gasteiger partial charge in [-0.15, -0.1) is 0 Å². The topological polar surface area (TPSA) is 70.1 Å². The van der Waals surface area contributed by atoms with Crippen LogP contribution >= 0.6 is 0 Å². The van der Waals surface area contributed by atoms with E-state index >= 15 is 0 Å². The SMILES string of the molecule is CCOCCN(C)C(=O)N1CCC[C@@H](C(=O)O)C1. The van der Waals surface area contributed by atoms with Gasteiger partial charge in [0, 0.05) is 33.3 Å². The largest absolute Gasteiger partial charge is 0.481 e. The Morgan fingerprint density at radius 2 is 2.22 bits per heavy atom. The molecule has 0 aliphatic carbocycles. The molecule has 0 spiro atoms. The van der Waals surface area contributed by atoms with Gasteiger partial charge in [0.1, 0.15) is 0 Å². The average Bonchev–Trinajstić information content (AvgIpc) is 2.38. The predicted molar refractivity (Wildman–Crippen MR) is 66.5 cm³/mol. The smallest absolute Gasteiger partial charge is 0.319 e. The van der Waals surface area contributed by atoms with E-state index in [1.165, 1.54) is 0 Å². The highest BCUT2D eigenvalue weighted by molar-refractivity contribution is 5.76. The van der Waals surface area contributed by atoms with Crippen LogP contribution in [0.15, 0.2) is 0 Å². The van der Waals surface area contributed by atoms with E-state index in [1.807, 2.05) is 6.92 Å². The van der Waals surface area contributed by atoms with Crippen molar-refractivity contribution in [3.05, 3.63) is 0 Å². The van der Waals surface area contributed by atoms with Gasteiger partial charge < -0.3 is 19.6 Å². The lowest BCUT2D eigenvalue weighted by molar-refractivity contribution is -0.143. The number of nitrogens with zero attached hydrogens (tertiary/aromatic N) is 2. The summed E-state index contributed by atoms with van der Waals surface area (Å²) >= 11 is 0. The number of rotatable bonds is 5. The minimum atomic E-state index is -0.815. The van der Waals surface area contributed by atoms with Crippen molar-refractivity contribution in [2.45, 2.75) is 19.8 Å². The molecule has 0 aromatic heterocycles. The lowest BCUT2D eigenvalue weighted by atomic mass is 9.99. The third-order valence-corrected chi connectivity index (χ3v) is 3.14. The first-order valence-corrected chi connectivity index (χ1v) is 6.36. The quantitative estimate of drug-likeness (QED) is 0.743. The highest BCUT2D eigenvalue weighted by Gasteiger charge is 2.29. The lowest BCUT2D eigenvalue weighted by Crippen LogP contribution is -2.48. The number of aliphatic carboxylic acids is 1. The van der Waals surface area contributed by atoms with Gasteiger partial charge in [0.15, 0.2) is 0 Å². The van der Waals surface area contributed by atoms with Gasteiger partial charge >= 0.3 is 12.0 Å². The zero-order chi connectivity index (χ0) is 13.5. The van der Waals surface area contributed by atoms with E-state index in [-0.39, 0.29) is 6.03 Å². The van der Waals surface area contributed by atoms with Gasteiger partial charge in [-0.2, -0.15) is 0 Å². The molecule has 104 valence electrons. The van der Waals surface area contributed by atoms with Gasteiger partial charge in [-0.3, -0.25) is 4.79 Å². The molecule has 1 aliphatic heterocycles.